The molecule has 1 aromatic carbocycles. The highest BCUT2D eigenvalue weighted by atomic mass is 79.9. The van der Waals surface area contributed by atoms with E-state index in [-0.39, 0.29) is 5.82 Å². The van der Waals surface area contributed by atoms with Crippen LogP contribution in [-0.4, -0.2) is 9.78 Å². The Labute approximate surface area is 119 Å². The summed E-state index contributed by atoms with van der Waals surface area (Å²) in [5, 5.41) is 4.30. The first-order valence-corrected chi connectivity index (χ1v) is 6.78. The lowest BCUT2D eigenvalue weighted by Gasteiger charge is -2.09. The average molecular weight is 328 g/mol. The number of nitrogens with two attached hydrogens (primary N) is 1. The summed E-state index contributed by atoms with van der Waals surface area (Å²) in [7, 11) is 0. The summed E-state index contributed by atoms with van der Waals surface area (Å²) in [4.78, 5) is 0. The number of nitrogen functional groups attached to an aromatic ring is 1. The molecule has 0 fully saturated rings. The standard InChI is InChI=1S/C13H15BrFN3O/c1-3-6-18-13(12(16)8(2)17-18)19-9-4-5-10(14)11(15)7-9/h4-5,7H,3,6,16H2,1-2H3. The minimum Gasteiger partial charge on any atom is -0.437 e. The van der Waals surface area contributed by atoms with Crippen LogP contribution in [-0.2, 0) is 6.54 Å². The van der Waals surface area contributed by atoms with Crippen molar-refractivity contribution in [2.75, 3.05) is 5.73 Å². The molecule has 6 heteroatoms. The van der Waals surface area contributed by atoms with Crippen molar-refractivity contribution in [2.24, 2.45) is 0 Å². The number of anilines is 1. The summed E-state index contributed by atoms with van der Waals surface area (Å²) >= 11 is 3.10. The van der Waals surface area contributed by atoms with Gasteiger partial charge in [0.15, 0.2) is 0 Å². The fraction of sp³-hybridized carbons (Fsp3) is 0.308. The largest absolute Gasteiger partial charge is 0.437 e. The lowest BCUT2D eigenvalue weighted by Crippen LogP contribution is -2.02. The van der Waals surface area contributed by atoms with E-state index in [1.54, 1.807) is 16.8 Å². The predicted molar refractivity (Wildman–Crippen MR) is 75.8 cm³/mol. The van der Waals surface area contributed by atoms with E-state index in [4.69, 9.17) is 10.5 Å². The summed E-state index contributed by atoms with van der Waals surface area (Å²) in [5.41, 5.74) is 7.13. The van der Waals surface area contributed by atoms with Crippen molar-refractivity contribution in [3.8, 4) is 11.6 Å². The van der Waals surface area contributed by atoms with E-state index >= 15 is 0 Å². The molecule has 2 rings (SSSR count). The number of aromatic nitrogens is 2. The minimum absolute atomic E-state index is 0.380. The lowest BCUT2D eigenvalue weighted by atomic mass is 10.3. The van der Waals surface area contributed by atoms with Gasteiger partial charge < -0.3 is 10.5 Å². The minimum atomic E-state index is -0.380. The molecule has 2 aromatic rings. The van der Waals surface area contributed by atoms with E-state index in [0.717, 1.165) is 6.42 Å². The average Bonchev–Trinajstić information content (AvgIpc) is 2.62. The molecule has 0 aliphatic rings. The zero-order chi connectivity index (χ0) is 14.0. The van der Waals surface area contributed by atoms with E-state index in [2.05, 4.69) is 21.0 Å². The second-order valence-electron chi connectivity index (χ2n) is 4.21. The fourth-order valence-corrected chi connectivity index (χ4v) is 1.94. The number of aryl methyl sites for hydroxylation is 2. The molecule has 0 saturated heterocycles. The van der Waals surface area contributed by atoms with E-state index in [9.17, 15) is 4.39 Å². The third kappa shape index (κ3) is 2.89. The van der Waals surface area contributed by atoms with Gasteiger partial charge in [-0.05, 0) is 41.4 Å². The van der Waals surface area contributed by atoms with Gasteiger partial charge in [-0.3, -0.25) is 0 Å². The van der Waals surface area contributed by atoms with Gasteiger partial charge in [-0.1, -0.05) is 6.92 Å². The predicted octanol–water partition coefficient (Wildman–Crippen LogP) is 3.88. The summed E-state index contributed by atoms with van der Waals surface area (Å²) < 4.78 is 21.2. The first kappa shape index (κ1) is 13.9. The molecule has 4 nitrogen and oxygen atoms in total. The van der Waals surface area contributed by atoms with Crippen LogP contribution in [0.5, 0.6) is 11.6 Å². The Morgan fingerprint density at radius 2 is 2.21 bits per heavy atom. The maximum Gasteiger partial charge on any atom is 0.241 e. The van der Waals surface area contributed by atoms with Crippen LogP contribution < -0.4 is 10.5 Å². The first-order valence-electron chi connectivity index (χ1n) is 5.98. The van der Waals surface area contributed by atoms with Crippen LogP contribution in [0, 0.1) is 12.7 Å². The van der Waals surface area contributed by atoms with Gasteiger partial charge in [-0.25, -0.2) is 9.07 Å². The van der Waals surface area contributed by atoms with E-state index < -0.39 is 0 Å². The topological polar surface area (TPSA) is 53.1 Å². The SMILES string of the molecule is CCCn1nc(C)c(N)c1Oc1ccc(Br)c(F)c1. The van der Waals surface area contributed by atoms with E-state index in [1.807, 2.05) is 13.8 Å². The van der Waals surface area contributed by atoms with Crippen LogP contribution in [0.3, 0.4) is 0 Å². The van der Waals surface area contributed by atoms with Crippen molar-refractivity contribution >= 4 is 21.6 Å². The number of hydrogen-bond acceptors (Lipinski definition) is 3. The smallest absolute Gasteiger partial charge is 0.241 e. The molecule has 0 aliphatic carbocycles. The van der Waals surface area contributed by atoms with E-state index in [0.29, 0.717) is 34.0 Å². The number of halogens is 2. The Hall–Kier alpha value is -1.56. The number of nitrogens with zero attached hydrogens (tertiary/aromatic N) is 2. The van der Waals surface area contributed by atoms with Crippen molar-refractivity contribution in [3.63, 3.8) is 0 Å². The molecule has 19 heavy (non-hydrogen) atoms. The number of ether oxygens (including phenoxy) is 1. The Bertz CT molecular complexity index is 598. The number of rotatable bonds is 4. The summed E-state index contributed by atoms with van der Waals surface area (Å²) in [6, 6.07) is 4.57. The highest BCUT2D eigenvalue weighted by Gasteiger charge is 2.15. The molecule has 0 atom stereocenters. The van der Waals surface area contributed by atoms with Crippen LogP contribution in [0.1, 0.15) is 19.0 Å². The maximum absolute atomic E-state index is 13.5. The highest BCUT2D eigenvalue weighted by Crippen LogP contribution is 2.31. The molecular formula is C13H15BrFN3O. The second kappa shape index (κ2) is 5.61. The molecule has 1 heterocycles. The van der Waals surface area contributed by atoms with Crippen LogP contribution in [0.4, 0.5) is 10.1 Å². The molecule has 1 aromatic heterocycles. The number of benzene rings is 1. The normalized spacial score (nSPS) is 10.7. The van der Waals surface area contributed by atoms with Gasteiger partial charge >= 0.3 is 0 Å². The van der Waals surface area contributed by atoms with Gasteiger partial charge in [0.2, 0.25) is 5.88 Å². The molecule has 0 unspecified atom stereocenters. The van der Waals surface area contributed by atoms with Gasteiger partial charge in [0, 0.05) is 12.6 Å². The van der Waals surface area contributed by atoms with Crippen LogP contribution in [0.15, 0.2) is 22.7 Å². The third-order valence-corrected chi connectivity index (χ3v) is 3.31. The van der Waals surface area contributed by atoms with Crippen LogP contribution >= 0.6 is 15.9 Å². The van der Waals surface area contributed by atoms with Gasteiger partial charge in [-0.2, -0.15) is 5.10 Å². The van der Waals surface area contributed by atoms with Crippen molar-refractivity contribution < 1.29 is 9.13 Å². The highest BCUT2D eigenvalue weighted by molar-refractivity contribution is 9.10. The summed E-state index contributed by atoms with van der Waals surface area (Å²) in [6.07, 6.45) is 0.908. The van der Waals surface area contributed by atoms with Gasteiger partial charge in [0.25, 0.3) is 0 Å². The molecule has 0 aliphatic heterocycles. The van der Waals surface area contributed by atoms with Crippen molar-refractivity contribution in [1.29, 1.82) is 0 Å². The van der Waals surface area contributed by atoms with Crippen LogP contribution in [0.2, 0.25) is 0 Å². The number of hydrogen-bond donors (Lipinski definition) is 1. The van der Waals surface area contributed by atoms with Crippen molar-refractivity contribution in [3.05, 3.63) is 34.2 Å². The Kier molecular flexibility index (Phi) is 4.09. The molecule has 0 spiro atoms. The lowest BCUT2D eigenvalue weighted by molar-refractivity contribution is 0.407. The van der Waals surface area contributed by atoms with Gasteiger partial charge in [0.1, 0.15) is 17.3 Å². The zero-order valence-corrected chi connectivity index (χ0v) is 12.4. The van der Waals surface area contributed by atoms with Crippen molar-refractivity contribution in [1.82, 2.24) is 9.78 Å². The monoisotopic (exact) mass is 327 g/mol. The maximum atomic E-state index is 13.5. The van der Waals surface area contributed by atoms with Gasteiger partial charge in [0.05, 0.1) is 10.2 Å². The molecule has 2 N–H and O–H groups in total. The zero-order valence-electron chi connectivity index (χ0n) is 10.8. The molecule has 102 valence electrons. The van der Waals surface area contributed by atoms with Crippen LogP contribution in [0.25, 0.3) is 0 Å². The quantitative estimate of drug-likeness (QED) is 0.927. The molecule has 0 radical (unpaired) electrons. The van der Waals surface area contributed by atoms with Gasteiger partial charge in [-0.15, -0.1) is 0 Å². The second-order valence-corrected chi connectivity index (χ2v) is 5.06. The molecule has 0 bridgehead atoms. The molecule has 0 amide bonds. The molecular weight excluding hydrogens is 313 g/mol. The summed E-state index contributed by atoms with van der Waals surface area (Å²) in [6.45, 7) is 4.55. The Balaban J connectivity index is 2.34. The van der Waals surface area contributed by atoms with Crippen molar-refractivity contribution in [2.45, 2.75) is 26.8 Å². The fourth-order valence-electron chi connectivity index (χ4n) is 1.70. The Morgan fingerprint density at radius 3 is 2.84 bits per heavy atom. The summed E-state index contributed by atoms with van der Waals surface area (Å²) in [5.74, 6) is 0.472. The Morgan fingerprint density at radius 1 is 1.47 bits per heavy atom. The third-order valence-electron chi connectivity index (χ3n) is 2.67. The molecule has 0 saturated carbocycles. The van der Waals surface area contributed by atoms with E-state index in [1.165, 1.54) is 6.07 Å². The first-order chi connectivity index (χ1) is 9.02.